The fourth-order valence-electron chi connectivity index (χ4n) is 3.49. The highest BCUT2D eigenvalue weighted by Crippen LogP contribution is 2.26. The van der Waals surface area contributed by atoms with Gasteiger partial charge in [0.25, 0.3) is 5.91 Å². The van der Waals surface area contributed by atoms with Crippen LogP contribution in [0.5, 0.6) is 11.5 Å². The van der Waals surface area contributed by atoms with Crippen molar-refractivity contribution in [3.63, 3.8) is 0 Å². The van der Waals surface area contributed by atoms with Gasteiger partial charge in [-0.05, 0) is 53.4 Å². The van der Waals surface area contributed by atoms with Gasteiger partial charge in [-0.25, -0.2) is 0 Å². The van der Waals surface area contributed by atoms with Gasteiger partial charge in [0.05, 0.1) is 6.61 Å². The first-order chi connectivity index (χ1) is 13.2. The topological polar surface area (TPSA) is 47.6 Å². The van der Waals surface area contributed by atoms with Gasteiger partial charge in [-0.1, -0.05) is 42.5 Å². The Balaban J connectivity index is 1.29. The van der Waals surface area contributed by atoms with Gasteiger partial charge in [-0.3, -0.25) is 4.79 Å². The lowest BCUT2D eigenvalue weighted by molar-refractivity contribution is -0.123. The second kappa shape index (κ2) is 7.70. The van der Waals surface area contributed by atoms with Crippen LogP contribution in [0.25, 0.3) is 10.8 Å². The second-order valence-electron chi connectivity index (χ2n) is 7.01. The number of hydrogen-bond acceptors (Lipinski definition) is 3. The van der Waals surface area contributed by atoms with E-state index in [1.165, 1.54) is 11.1 Å². The number of hydrogen-bond donors (Lipinski definition) is 1. The number of fused-ring (bicyclic) bond motifs is 2. The predicted molar refractivity (Wildman–Crippen MR) is 106 cm³/mol. The minimum atomic E-state index is -0.111. The maximum Gasteiger partial charge on any atom is 0.258 e. The van der Waals surface area contributed by atoms with Gasteiger partial charge in [-0.2, -0.15) is 0 Å². The SMILES string of the molecule is CC(Cc1ccc2c(c1)CCO2)NC(=O)COc1ccc2ccccc2c1. The first-order valence-electron chi connectivity index (χ1n) is 9.33. The van der Waals surface area contributed by atoms with Crippen LogP contribution < -0.4 is 14.8 Å². The van der Waals surface area contributed by atoms with E-state index < -0.39 is 0 Å². The average molecular weight is 361 g/mol. The van der Waals surface area contributed by atoms with E-state index in [1.807, 2.05) is 49.4 Å². The zero-order valence-electron chi connectivity index (χ0n) is 15.4. The molecular formula is C23H23NO3. The molecule has 0 saturated carbocycles. The van der Waals surface area contributed by atoms with E-state index in [-0.39, 0.29) is 18.6 Å². The molecule has 0 spiro atoms. The smallest absolute Gasteiger partial charge is 0.258 e. The highest BCUT2D eigenvalue weighted by molar-refractivity contribution is 5.84. The van der Waals surface area contributed by atoms with Gasteiger partial charge in [0.1, 0.15) is 11.5 Å². The first kappa shape index (κ1) is 17.4. The molecule has 4 heteroatoms. The molecule has 0 saturated heterocycles. The summed E-state index contributed by atoms with van der Waals surface area (Å²) >= 11 is 0. The molecule has 4 rings (SSSR count). The van der Waals surface area contributed by atoms with Crippen molar-refractivity contribution in [2.45, 2.75) is 25.8 Å². The summed E-state index contributed by atoms with van der Waals surface area (Å²) in [5, 5.41) is 5.26. The van der Waals surface area contributed by atoms with Crippen molar-refractivity contribution in [3.05, 3.63) is 71.8 Å². The van der Waals surface area contributed by atoms with Crippen LogP contribution in [0.1, 0.15) is 18.1 Å². The van der Waals surface area contributed by atoms with Crippen molar-refractivity contribution in [3.8, 4) is 11.5 Å². The molecule has 1 unspecified atom stereocenters. The summed E-state index contributed by atoms with van der Waals surface area (Å²) in [6.45, 7) is 2.79. The van der Waals surface area contributed by atoms with Crippen LogP contribution in [0.3, 0.4) is 0 Å². The molecule has 0 aromatic heterocycles. The molecule has 0 bridgehead atoms. The summed E-state index contributed by atoms with van der Waals surface area (Å²) in [6, 6.07) is 20.2. The Morgan fingerprint density at radius 1 is 1.11 bits per heavy atom. The van der Waals surface area contributed by atoms with E-state index >= 15 is 0 Å². The molecule has 1 amide bonds. The molecule has 138 valence electrons. The van der Waals surface area contributed by atoms with Gasteiger partial charge in [0.15, 0.2) is 6.61 Å². The normalized spacial score (nSPS) is 13.7. The number of amides is 1. The summed E-state index contributed by atoms with van der Waals surface area (Å²) < 4.78 is 11.2. The fraction of sp³-hybridized carbons (Fsp3) is 0.261. The number of carbonyl (C=O) groups is 1. The second-order valence-corrected chi connectivity index (χ2v) is 7.01. The summed E-state index contributed by atoms with van der Waals surface area (Å²) in [4.78, 5) is 12.2. The van der Waals surface area contributed by atoms with Crippen LogP contribution in [0.2, 0.25) is 0 Å². The van der Waals surface area contributed by atoms with E-state index in [0.717, 1.165) is 36.0 Å². The average Bonchev–Trinajstić information content (AvgIpc) is 3.14. The Morgan fingerprint density at radius 3 is 2.85 bits per heavy atom. The number of carbonyl (C=O) groups excluding carboxylic acids is 1. The van der Waals surface area contributed by atoms with Crippen LogP contribution in [-0.4, -0.2) is 25.2 Å². The van der Waals surface area contributed by atoms with Crippen molar-refractivity contribution in [2.75, 3.05) is 13.2 Å². The van der Waals surface area contributed by atoms with Crippen molar-refractivity contribution >= 4 is 16.7 Å². The molecule has 27 heavy (non-hydrogen) atoms. The number of rotatable bonds is 6. The van der Waals surface area contributed by atoms with Gasteiger partial charge in [0, 0.05) is 12.5 Å². The predicted octanol–water partition coefficient (Wildman–Crippen LogP) is 3.90. The van der Waals surface area contributed by atoms with Crippen LogP contribution in [-0.2, 0) is 17.6 Å². The molecular weight excluding hydrogens is 338 g/mol. The molecule has 1 atom stereocenters. The zero-order chi connectivity index (χ0) is 18.6. The number of nitrogens with one attached hydrogen (secondary N) is 1. The molecule has 1 aliphatic heterocycles. The molecule has 4 nitrogen and oxygen atoms in total. The molecule has 0 fully saturated rings. The minimum absolute atomic E-state index is 0.0146. The summed E-state index contributed by atoms with van der Waals surface area (Å²) in [7, 11) is 0. The Hall–Kier alpha value is -3.01. The van der Waals surface area contributed by atoms with E-state index in [1.54, 1.807) is 0 Å². The maximum atomic E-state index is 12.2. The summed E-state index contributed by atoms with van der Waals surface area (Å²) in [5.41, 5.74) is 2.47. The van der Waals surface area contributed by atoms with Gasteiger partial charge in [-0.15, -0.1) is 0 Å². The maximum absolute atomic E-state index is 12.2. The lowest BCUT2D eigenvalue weighted by Crippen LogP contribution is -2.37. The van der Waals surface area contributed by atoms with Gasteiger partial charge >= 0.3 is 0 Å². The molecule has 1 aliphatic rings. The van der Waals surface area contributed by atoms with E-state index in [9.17, 15) is 4.79 Å². The Morgan fingerprint density at radius 2 is 1.96 bits per heavy atom. The van der Waals surface area contributed by atoms with E-state index in [4.69, 9.17) is 9.47 Å². The lowest BCUT2D eigenvalue weighted by Gasteiger charge is -2.15. The Bertz CT molecular complexity index is 967. The van der Waals surface area contributed by atoms with Gasteiger partial charge in [0.2, 0.25) is 0 Å². The molecule has 1 N–H and O–H groups in total. The quantitative estimate of drug-likeness (QED) is 0.724. The third-order valence-electron chi connectivity index (χ3n) is 4.79. The van der Waals surface area contributed by atoms with Crippen molar-refractivity contribution < 1.29 is 14.3 Å². The largest absolute Gasteiger partial charge is 0.493 e. The first-order valence-corrected chi connectivity index (χ1v) is 9.33. The van der Waals surface area contributed by atoms with Crippen LogP contribution >= 0.6 is 0 Å². The summed E-state index contributed by atoms with van der Waals surface area (Å²) in [6.07, 6.45) is 1.75. The van der Waals surface area contributed by atoms with E-state index in [0.29, 0.717) is 5.75 Å². The minimum Gasteiger partial charge on any atom is -0.493 e. The molecule has 3 aromatic carbocycles. The standard InChI is InChI=1S/C23H23NO3/c1-16(12-17-6-9-22-20(13-17)10-11-26-22)24-23(25)15-27-21-8-7-18-4-2-3-5-19(18)14-21/h2-9,13-14,16H,10-12,15H2,1H3,(H,24,25). The molecule has 1 heterocycles. The highest BCUT2D eigenvalue weighted by atomic mass is 16.5. The third-order valence-corrected chi connectivity index (χ3v) is 4.79. The number of ether oxygens (including phenoxy) is 2. The van der Waals surface area contributed by atoms with Crippen LogP contribution in [0, 0.1) is 0 Å². The summed E-state index contributed by atoms with van der Waals surface area (Å²) in [5.74, 6) is 1.58. The lowest BCUT2D eigenvalue weighted by atomic mass is 10.0. The molecule has 0 aliphatic carbocycles. The van der Waals surface area contributed by atoms with E-state index in [2.05, 4.69) is 23.5 Å². The van der Waals surface area contributed by atoms with Crippen LogP contribution in [0.4, 0.5) is 0 Å². The number of benzene rings is 3. The van der Waals surface area contributed by atoms with Crippen molar-refractivity contribution in [2.24, 2.45) is 0 Å². The van der Waals surface area contributed by atoms with Crippen molar-refractivity contribution in [1.29, 1.82) is 0 Å². The third kappa shape index (κ3) is 4.22. The van der Waals surface area contributed by atoms with Crippen LogP contribution in [0.15, 0.2) is 60.7 Å². The molecule has 0 radical (unpaired) electrons. The monoisotopic (exact) mass is 361 g/mol. The highest BCUT2D eigenvalue weighted by Gasteiger charge is 2.14. The Labute approximate surface area is 159 Å². The molecule has 3 aromatic rings. The Kier molecular flexibility index (Phi) is 4.97. The fourth-order valence-corrected chi connectivity index (χ4v) is 3.49. The zero-order valence-corrected chi connectivity index (χ0v) is 15.4. The van der Waals surface area contributed by atoms with Crippen molar-refractivity contribution in [1.82, 2.24) is 5.32 Å². The van der Waals surface area contributed by atoms with Gasteiger partial charge < -0.3 is 14.8 Å².